The largest absolute Gasteiger partial charge is 0.494 e. The van der Waals surface area contributed by atoms with E-state index in [1.54, 1.807) is 0 Å². The molecule has 1 radical (unpaired) electrons. The standard InChI is InChI=1S/C20H32NO2/c1-4-7-12-21-13-10-17(11-14-21)15-18-8-9-19(22-5-2)16-20(18)23-6-3/h8-9,16-17H,1,4-7,10-15H2,2-3H3. The van der Waals surface area contributed by atoms with Crippen LogP contribution in [0.25, 0.3) is 0 Å². The Morgan fingerprint density at radius 3 is 2.52 bits per heavy atom. The number of unbranched alkanes of at least 4 members (excludes halogenated alkanes) is 1. The summed E-state index contributed by atoms with van der Waals surface area (Å²) in [7, 11) is 0. The molecule has 1 aliphatic rings. The van der Waals surface area contributed by atoms with Crippen molar-refractivity contribution < 1.29 is 9.47 Å². The van der Waals surface area contributed by atoms with E-state index in [4.69, 9.17) is 9.47 Å². The third kappa shape index (κ3) is 5.72. The van der Waals surface area contributed by atoms with Gasteiger partial charge in [-0.25, -0.2) is 0 Å². The third-order valence-corrected chi connectivity index (χ3v) is 4.59. The molecule has 0 bridgehead atoms. The van der Waals surface area contributed by atoms with E-state index in [1.165, 1.54) is 44.5 Å². The lowest BCUT2D eigenvalue weighted by atomic mass is 9.89. The first kappa shape index (κ1) is 18.1. The summed E-state index contributed by atoms with van der Waals surface area (Å²) in [4.78, 5) is 2.59. The highest BCUT2D eigenvalue weighted by atomic mass is 16.5. The highest BCUT2D eigenvalue weighted by Gasteiger charge is 2.20. The topological polar surface area (TPSA) is 21.7 Å². The van der Waals surface area contributed by atoms with Crippen LogP contribution in [0.5, 0.6) is 11.5 Å². The maximum absolute atomic E-state index is 5.84. The molecule has 0 aromatic heterocycles. The lowest BCUT2D eigenvalue weighted by Crippen LogP contribution is -2.35. The van der Waals surface area contributed by atoms with Gasteiger partial charge in [-0.15, -0.1) is 0 Å². The summed E-state index contributed by atoms with van der Waals surface area (Å²) in [6, 6.07) is 6.31. The summed E-state index contributed by atoms with van der Waals surface area (Å²) in [5, 5.41) is 0. The molecule has 2 rings (SSSR count). The molecule has 3 nitrogen and oxygen atoms in total. The van der Waals surface area contributed by atoms with Crippen LogP contribution >= 0.6 is 0 Å². The number of hydrogen-bond donors (Lipinski definition) is 0. The second-order valence-electron chi connectivity index (χ2n) is 6.33. The zero-order chi connectivity index (χ0) is 16.5. The molecule has 1 aromatic carbocycles. The molecular formula is C20H32NO2. The lowest BCUT2D eigenvalue weighted by molar-refractivity contribution is 0.182. The van der Waals surface area contributed by atoms with Crippen LogP contribution in [0.3, 0.4) is 0 Å². The number of ether oxygens (including phenoxy) is 2. The highest BCUT2D eigenvalue weighted by Crippen LogP contribution is 2.30. The maximum Gasteiger partial charge on any atom is 0.126 e. The Labute approximate surface area is 142 Å². The summed E-state index contributed by atoms with van der Waals surface area (Å²) in [5.41, 5.74) is 1.33. The predicted octanol–water partition coefficient (Wildman–Crippen LogP) is 4.35. The minimum Gasteiger partial charge on any atom is -0.494 e. The SMILES string of the molecule is [CH2]CCCN1CCC(Cc2ccc(OCC)cc2OCC)CC1. The monoisotopic (exact) mass is 318 g/mol. The van der Waals surface area contributed by atoms with Crippen LogP contribution in [-0.4, -0.2) is 37.7 Å². The van der Waals surface area contributed by atoms with Crippen molar-refractivity contribution in [1.82, 2.24) is 4.90 Å². The van der Waals surface area contributed by atoms with Gasteiger partial charge in [0.2, 0.25) is 0 Å². The average Bonchev–Trinajstić information content (AvgIpc) is 2.57. The van der Waals surface area contributed by atoms with Crippen molar-refractivity contribution >= 4 is 0 Å². The number of rotatable bonds is 9. The lowest BCUT2D eigenvalue weighted by Gasteiger charge is -2.32. The van der Waals surface area contributed by atoms with Crippen molar-refractivity contribution in [2.24, 2.45) is 5.92 Å². The van der Waals surface area contributed by atoms with Crippen LogP contribution in [0, 0.1) is 12.8 Å². The summed E-state index contributed by atoms with van der Waals surface area (Å²) < 4.78 is 11.4. The first-order chi connectivity index (χ1) is 11.3. The van der Waals surface area contributed by atoms with E-state index in [2.05, 4.69) is 24.0 Å². The zero-order valence-electron chi connectivity index (χ0n) is 14.9. The molecule has 0 N–H and O–H groups in total. The first-order valence-electron chi connectivity index (χ1n) is 9.16. The Bertz CT molecular complexity index is 453. The van der Waals surface area contributed by atoms with E-state index >= 15 is 0 Å². The van der Waals surface area contributed by atoms with Gasteiger partial charge in [-0.2, -0.15) is 0 Å². The Morgan fingerprint density at radius 2 is 1.87 bits per heavy atom. The van der Waals surface area contributed by atoms with Gasteiger partial charge in [0, 0.05) is 6.07 Å². The molecule has 0 saturated carbocycles. The van der Waals surface area contributed by atoms with E-state index < -0.39 is 0 Å². The molecule has 1 aliphatic heterocycles. The maximum atomic E-state index is 5.84. The van der Waals surface area contributed by atoms with Crippen molar-refractivity contribution in [1.29, 1.82) is 0 Å². The van der Waals surface area contributed by atoms with E-state index in [1.807, 2.05) is 19.9 Å². The molecule has 0 unspecified atom stereocenters. The zero-order valence-corrected chi connectivity index (χ0v) is 14.9. The molecule has 0 atom stereocenters. The van der Waals surface area contributed by atoms with E-state index in [9.17, 15) is 0 Å². The van der Waals surface area contributed by atoms with Gasteiger partial charge >= 0.3 is 0 Å². The molecule has 0 amide bonds. The molecule has 0 aliphatic carbocycles. The normalized spacial score (nSPS) is 16.5. The van der Waals surface area contributed by atoms with Gasteiger partial charge in [0.25, 0.3) is 0 Å². The molecule has 129 valence electrons. The number of piperidine rings is 1. The van der Waals surface area contributed by atoms with Crippen LogP contribution in [0.2, 0.25) is 0 Å². The summed E-state index contributed by atoms with van der Waals surface area (Å²) in [6.45, 7) is 13.0. The second-order valence-corrected chi connectivity index (χ2v) is 6.33. The average molecular weight is 318 g/mol. The number of likely N-dealkylation sites (tertiary alicyclic amines) is 1. The molecule has 1 saturated heterocycles. The summed E-state index contributed by atoms with van der Waals surface area (Å²) in [6.07, 6.45) is 5.96. The Kier molecular flexibility index (Phi) is 7.73. The van der Waals surface area contributed by atoms with Crippen LogP contribution in [-0.2, 0) is 6.42 Å². The number of benzene rings is 1. The molecule has 1 aromatic rings. The highest BCUT2D eigenvalue weighted by molar-refractivity contribution is 5.41. The van der Waals surface area contributed by atoms with Crippen LogP contribution in [0.15, 0.2) is 18.2 Å². The molecule has 3 heteroatoms. The first-order valence-corrected chi connectivity index (χ1v) is 9.16. The Hall–Kier alpha value is -1.22. The van der Waals surface area contributed by atoms with E-state index in [-0.39, 0.29) is 0 Å². The van der Waals surface area contributed by atoms with Gasteiger partial charge < -0.3 is 14.4 Å². The van der Waals surface area contributed by atoms with Crippen molar-refractivity contribution in [3.05, 3.63) is 30.7 Å². The van der Waals surface area contributed by atoms with E-state index in [0.717, 1.165) is 30.3 Å². The van der Waals surface area contributed by atoms with Crippen LogP contribution in [0.4, 0.5) is 0 Å². The molecule has 1 heterocycles. The predicted molar refractivity (Wildman–Crippen MR) is 96.2 cm³/mol. The summed E-state index contributed by atoms with van der Waals surface area (Å²) >= 11 is 0. The fourth-order valence-corrected chi connectivity index (χ4v) is 3.31. The fraction of sp³-hybridized carbons (Fsp3) is 0.650. The van der Waals surface area contributed by atoms with E-state index in [0.29, 0.717) is 13.2 Å². The third-order valence-electron chi connectivity index (χ3n) is 4.59. The second kappa shape index (κ2) is 9.82. The number of hydrogen-bond acceptors (Lipinski definition) is 3. The van der Waals surface area contributed by atoms with Gasteiger partial charge in [-0.05, 0) is 76.7 Å². The molecule has 1 fully saturated rings. The van der Waals surface area contributed by atoms with Crippen LogP contribution < -0.4 is 9.47 Å². The Morgan fingerprint density at radius 1 is 1.13 bits per heavy atom. The van der Waals surface area contributed by atoms with Crippen molar-refractivity contribution in [3.63, 3.8) is 0 Å². The van der Waals surface area contributed by atoms with Gasteiger partial charge in [0.05, 0.1) is 13.2 Å². The van der Waals surface area contributed by atoms with Gasteiger partial charge in [-0.1, -0.05) is 19.4 Å². The van der Waals surface area contributed by atoms with Crippen molar-refractivity contribution in [3.8, 4) is 11.5 Å². The van der Waals surface area contributed by atoms with Gasteiger partial charge in [0.1, 0.15) is 11.5 Å². The van der Waals surface area contributed by atoms with Gasteiger partial charge in [0.15, 0.2) is 0 Å². The molecule has 0 spiro atoms. The molecular weight excluding hydrogens is 286 g/mol. The van der Waals surface area contributed by atoms with Crippen molar-refractivity contribution in [2.75, 3.05) is 32.8 Å². The molecule has 23 heavy (non-hydrogen) atoms. The number of nitrogens with zero attached hydrogens (tertiary/aromatic N) is 1. The fourth-order valence-electron chi connectivity index (χ4n) is 3.31. The van der Waals surface area contributed by atoms with Crippen molar-refractivity contribution in [2.45, 2.75) is 46.0 Å². The Balaban J connectivity index is 1.92. The smallest absolute Gasteiger partial charge is 0.126 e. The minimum atomic E-state index is 0.691. The minimum absolute atomic E-state index is 0.691. The van der Waals surface area contributed by atoms with Gasteiger partial charge in [-0.3, -0.25) is 0 Å². The van der Waals surface area contributed by atoms with Crippen LogP contribution in [0.1, 0.15) is 45.1 Å². The summed E-state index contributed by atoms with van der Waals surface area (Å²) in [5.74, 6) is 2.67. The quantitative estimate of drug-likeness (QED) is 0.675.